The minimum atomic E-state index is -0.0909. The van der Waals surface area contributed by atoms with Crippen molar-refractivity contribution in [3.05, 3.63) is 78.4 Å². The summed E-state index contributed by atoms with van der Waals surface area (Å²) in [6.07, 6.45) is 0.270. The topological polar surface area (TPSA) is 67.0 Å². The van der Waals surface area contributed by atoms with Crippen LogP contribution in [-0.4, -0.2) is 23.0 Å². The van der Waals surface area contributed by atoms with Gasteiger partial charge in [0, 0.05) is 5.56 Å². The molecular formula is C22H19N3O2. The fourth-order valence-electron chi connectivity index (χ4n) is 3.04. The Morgan fingerprint density at radius 2 is 1.85 bits per heavy atom. The second kappa shape index (κ2) is 7.33. The number of anilines is 1. The zero-order chi connectivity index (χ0) is 18.6. The van der Waals surface area contributed by atoms with Crippen molar-refractivity contribution >= 4 is 22.6 Å². The Labute approximate surface area is 157 Å². The number of aromatic amines is 1. The molecule has 3 aromatic carbocycles. The molecule has 4 aromatic rings. The molecule has 0 aliphatic heterocycles. The van der Waals surface area contributed by atoms with Crippen LogP contribution in [0.4, 0.5) is 5.69 Å². The van der Waals surface area contributed by atoms with E-state index in [1.165, 1.54) is 0 Å². The first-order valence-corrected chi connectivity index (χ1v) is 8.70. The lowest BCUT2D eigenvalue weighted by Gasteiger charge is -2.10. The fourth-order valence-corrected chi connectivity index (χ4v) is 3.04. The minimum absolute atomic E-state index is 0.0909. The van der Waals surface area contributed by atoms with Gasteiger partial charge < -0.3 is 15.0 Å². The number of hydrogen-bond donors (Lipinski definition) is 2. The van der Waals surface area contributed by atoms with E-state index in [4.69, 9.17) is 4.74 Å². The largest absolute Gasteiger partial charge is 0.497 e. The Bertz CT molecular complexity index is 1070. The van der Waals surface area contributed by atoms with E-state index in [1.807, 2.05) is 72.8 Å². The third-order valence-corrected chi connectivity index (χ3v) is 4.34. The molecule has 1 heterocycles. The van der Waals surface area contributed by atoms with E-state index in [0.717, 1.165) is 39.4 Å². The highest BCUT2D eigenvalue weighted by Crippen LogP contribution is 2.27. The fraction of sp³-hybridized carbons (Fsp3) is 0.0909. The molecule has 1 amide bonds. The van der Waals surface area contributed by atoms with Crippen LogP contribution in [0.5, 0.6) is 5.75 Å². The lowest BCUT2D eigenvalue weighted by atomic mass is 10.1. The Morgan fingerprint density at radius 1 is 1.04 bits per heavy atom. The number of rotatable bonds is 5. The summed E-state index contributed by atoms with van der Waals surface area (Å²) in [6.45, 7) is 0. The Balaban J connectivity index is 1.58. The van der Waals surface area contributed by atoms with Crippen LogP contribution in [0.25, 0.3) is 22.4 Å². The molecule has 5 nitrogen and oxygen atoms in total. The second-order valence-corrected chi connectivity index (χ2v) is 6.22. The van der Waals surface area contributed by atoms with Crippen molar-refractivity contribution in [2.75, 3.05) is 12.4 Å². The van der Waals surface area contributed by atoms with Gasteiger partial charge >= 0.3 is 0 Å². The molecule has 2 N–H and O–H groups in total. The molecule has 0 saturated heterocycles. The summed E-state index contributed by atoms with van der Waals surface area (Å²) < 4.78 is 5.22. The van der Waals surface area contributed by atoms with Gasteiger partial charge in [-0.25, -0.2) is 4.98 Å². The quantitative estimate of drug-likeness (QED) is 0.556. The third kappa shape index (κ3) is 3.67. The van der Waals surface area contributed by atoms with Crippen LogP contribution in [0.2, 0.25) is 0 Å². The number of hydrogen-bond acceptors (Lipinski definition) is 3. The van der Waals surface area contributed by atoms with Gasteiger partial charge in [-0.2, -0.15) is 0 Å². The van der Waals surface area contributed by atoms with E-state index >= 15 is 0 Å². The minimum Gasteiger partial charge on any atom is -0.497 e. The van der Waals surface area contributed by atoms with Gasteiger partial charge in [0.1, 0.15) is 11.6 Å². The van der Waals surface area contributed by atoms with Crippen LogP contribution in [0.3, 0.4) is 0 Å². The van der Waals surface area contributed by atoms with Crippen molar-refractivity contribution in [2.24, 2.45) is 0 Å². The van der Waals surface area contributed by atoms with Crippen LogP contribution in [0.15, 0.2) is 72.8 Å². The van der Waals surface area contributed by atoms with E-state index in [9.17, 15) is 4.79 Å². The number of ether oxygens (including phenoxy) is 1. The molecule has 0 fully saturated rings. The van der Waals surface area contributed by atoms with Crippen LogP contribution in [-0.2, 0) is 11.2 Å². The summed E-state index contributed by atoms with van der Waals surface area (Å²) in [5, 5.41) is 3.00. The van der Waals surface area contributed by atoms with Gasteiger partial charge in [-0.1, -0.05) is 36.4 Å². The Morgan fingerprint density at radius 3 is 2.70 bits per heavy atom. The second-order valence-electron chi connectivity index (χ2n) is 6.22. The highest BCUT2D eigenvalue weighted by molar-refractivity contribution is 5.96. The maximum Gasteiger partial charge on any atom is 0.228 e. The molecule has 0 aliphatic carbocycles. The van der Waals surface area contributed by atoms with Crippen LogP contribution in [0, 0.1) is 0 Å². The number of H-pyrrole nitrogens is 1. The molecule has 5 heteroatoms. The molecule has 0 saturated carbocycles. The predicted octanol–water partition coefficient (Wildman–Crippen LogP) is 4.42. The highest BCUT2D eigenvalue weighted by atomic mass is 16.5. The number of methoxy groups -OCH3 is 1. The number of imidazole rings is 1. The van der Waals surface area contributed by atoms with E-state index in [2.05, 4.69) is 15.3 Å². The highest BCUT2D eigenvalue weighted by Gasteiger charge is 2.12. The molecule has 134 valence electrons. The SMILES string of the molecule is COc1cccc(CC(=O)Nc2ccccc2-c2nc3ccccc3[nH]2)c1. The summed E-state index contributed by atoms with van der Waals surface area (Å²) in [6, 6.07) is 23.0. The van der Waals surface area contributed by atoms with E-state index in [-0.39, 0.29) is 12.3 Å². The van der Waals surface area contributed by atoms with Gasteiger partial charge in [-0.3, -0.25) is 4.79 Å². The molecular weight excluding hydrogens is 338 g/mol. The molecule has 0 atom stereocenters. The summed E-state index contributed by atoms with van der Waals surface area (Å²) in [7, 11) is 1.61. The molecule has 0 spiro atoms. The number of nitrogens with one attached hydrogen (secondary N) is 2. The average molecular weight is 357 g/mol. The zero-order valence-electron chi connectivity index (χ0n) is 14.9. The molecule has 27 heavy (non-hydrogen) atoms. The number of carbonyl (C=O) groups excluding carboxylic acids is 1. The Kier molecular flexibility index (Phi) is 4.58. The van der Waals surface area contributed by atoms with Crippen molar-refractivity contribution in [1.29, 1.82) is 0 Å². The van der Waals surface area contributed by atoms with Crippen molar-refractivity contribution in [3.63, 3.8) is 0 Å². The van der Waals surface area contributed by atoms with Gasteiger partial charge in [-0.05, 0) is 42.0 Å². The van der Waals surface area contributed by atoms with Crippen molar-refractivity contribution in [3.8, 4) is 17.1 Å². The standard InChI is InChI=1S/C22H19N3O2/c1-27-16-8-6-7-15(13-16)14-21(26)23-18-10-3-2-9-17(18)22-24-19-11-4-5-12-20(19)25-22/h2-13H,14H2,1H3,(H,23,26)(H,24,25). The molecule has 0 radical (unpaired) electrons. The number of benzene rings is 3. The predicted molar refractivity (Wildman–Crippen MR) is 107 cm³/mol. The summed E-state index contributed by atoms with van der Waals surface area (Å²) in [5.41, 5.74) is 4.33. The van der Waals surface area contributed by atoms with Crippen molar-refractivity contribution < 1.29 is 9.53 Å². The zero-order valence-corrected chi connectivity index (χ0v) is 14.9. The number of amides is 1. The third-order valence-electron chi connectivity index (χ3n) is 4.34. The molecule has 0 aliphatic rings. The molecule has 0 bridgehead atoms. The number of aromatic nitrogens is 2. The van der Waals surface area contributed by atoms with Crippen molar-refractivity contribution in [1.82, 2.24) is 9.97 Å². The van der Waals surface area contributed by atoms with Crippen LogP contribution < -0.4 is 10.1 Å². The maximum atomic E-state index is 12.6. The lowest BCUT2D eigenvalue weighted by molar-refractivity contribution is -0.115. The van der Waals surface area contributed by atoms with E-state index < -0.39 is 0 Å². The van der Waals surface area contributed by atoms with Gasteiger partial charge in [0.2, 0.25) is 5.91 Å². The number of nitrogens with zero attached hydrogens (tertiary/aromatic N) is 1. The van der Waals surface area contributed by atoms with Gasteiger partial charge in [-0.15, -0.1) is 0 Å². The number of para-hydroxylation sites is 3. The first kappa shape index (κ1) is 16.8. The Hall–Kier alpha value is -3.60. The summed E-state index contributed by atoms with van der Waals surface area (Å²) >= 11 is 0. The summed E-state index contributed by atoms with van der Waals surface area (Å²) in [5.74, 6) is 1.38. The van der Waals surface area contributed by atoms with E-state index in [0.29, 0.717) is 0 Å². The van der Waals surface area contributed by atoms with Gasteiger partial charge in [0.15, 0.2) is 0 Å². The normalized spacial score (nSPS) is 10.7. The van der Waals surface area contributed by atoms with Crippen LogP contribution in [0.1, 0.15) is 5.56 Å². The molecule has 1 aromatic heterocycles. The first-order valence-electron chi connectivity index (χ1n) is 8.70. The number of fused-ring (bicyclic) bond motifs is 1. The van der Waals surface area contributed by atoms with E-state index in [1.54, 1.807) is 7.11 Å². The van der Waals surface area contributed by atoms with Gasteiger partial charge in [0.25, 0.3) is 0 Å². The molecule has 4 rings (SSSR count). The van der Waals surface area contributed by atoms with Crippen molar-refractivity contribution in [2.45, 2.75) is 6.42 Å². The average Bonchev–Trinajstić information content (AvgIpc) is 3.12. The lowest BCUT2D eigenvalue weighted by Crippen LogP contribution is -2.15. The first-order chi connectivity index (χ1) is 13.2. The van der Waals surface area contributed by atoms with Crippen LogP contribution >= 0.6 is 0 Å². The molecule has 0 unspecified atom stereocenters. The summed E-state index contributed by atoms with van der Waals surface area (Å²) in [4.78, 5) is 20.5. The maximum absolute atomic E-state index is 12.6. The smallest absolute Gasteiger partial charge is 0.228 e. The number of carbonyl (C=O) groups is 1. The van der Waals surface area contributed by atoms with Gasteiger partial charge in [0.05, 0.1) is 30.3 Å². The monoisotopic (exact) mass is 357 g/mol.